The van der Waals surface area contributed by atoms with Crippen LogP contribution in [0.1, 0.15) is 59.4 Å². The zero-order valence-electron chi connectivity index (χ0n) is 12.8. The van der Waals surface area contributed by atoms with Crippen molar-refractivity contribution >= 4 is 11.0 Å². The zero-order valence-corrected chi connectivity index (χ0v) is 13.6. The third-order valence-electron chi connectivity index (χ3n) is 3.32. The van der Waals surface area contributed by atoms with Crippen LogP contribution in [0.5, 0.6) is 0 Å². The van der Waals surface area contributed by atoms with Crippen LogP contribution in [0.15, 0.2) is 30.3 Å². The van der Waals surface area contributed by atoms with E-state index in [-0.39, 0.29) is 10.3 Å². The van der Waals surface area contributed by atoms with Gasteiger partial charge in [-0.15, -0.1) is 0 Å². The summed E-state index contributed by atoms with van der Waals surface area (Å²) >= 11 is 0. The molecule has 3 heteroatoms. The number of unbranched alkanes of at least 4 members (excludes halogenated alkanes) is 1. The fourth-order valence-electron chi connectivity index (χ4n) is 1.95. The lowest BCUT2D eigenvalue weighted by Crippen LogP contribution is -2.46. The minimum Gasteiger partial charge on any atom is -0.242 e. The molecule has 19 heavy (non-hydrogen) atoms. The maximum Gasteiger partial charge on any atom is 0.0978 e. The molecule has 0 amide bonds. The van der Waals surface area contributed by atoms with E-state index in [1.807, 2.05) is 39.0 Å². The van der Waals surface area contributed by atoms with Gasteiger partial charge in [-0.1, -0.05) is 50.1 Å². The Morgan fingerprint density at radius 2 is 1.68 bits per heavy atom. The predicted octanol–water partition coefficient (Wildman–Crippen LogP) is 4.14. The van der Waals surface area contributed by atoms with Crippen LogP contribution in [0.4, 0.5) is 0 Å². The van der Waals surface area contributed by atoms with Crippen LogP contribution in [-0.2, 0) is 16.5 Å². The molecule has 1 rings (SSSR count). The smallest absolute Gasteiger partial charge is 0.0978 e. The molecular weight excluding hydrogens is 254 g/mol. The molecular formula is C16H27NOS. The van der Waals surface area contributed by atoms with Gasteiger partial charge in [0.15, 0.2) is 0 Å². The average molecular weight is 281 g/mol. The van der Waals surface area contributed by atoms with Crippen molar-refractivity contribution in [1.82, 2.24) is 4.72 Å². The highest BCUT2D eigenvalue weighted by Crippen LogP contribution is 2.28. The molecule has 2 unspecified atom stereocenters. The minimum atomic E-state index is -1.06. The normalized spacial score (nSPS) is 16.9. The van der Waals surface area contributed by atoms with E-state index in [1.54, 1.807) is 0 Å². The van der Waals surface area contributed by atoms with Gasteiger partial charge in [0.25, 0.3) is 0 Å². The van der Waals surface area contributed by atoms with Gasteiger partial charge in [-0.05, 0) is 39.7 Å². The van der Waals surface area contributed by atoms with Crippen LogP contribution in [0, 0.1) is 0 Å². The van der Waals surface area contributed by atoms with Gasteiger partial charge >= 0.3 is 0 Å². The Kier molecular flexibility index (Phi) is 5.75. The summed E-state index contributed by atoms with van der Waals surface area (Å²) in [5, 5.41) is 0. The Morgan fingerprint density at radius 3 is 2.16 bits per heavy atom. The Morgan fingerprint density at radius 1 is 1.11 bits per heavy atom. The Hall–Kier alpha value is -0.670. The fourth-order valence-corrected chi connectivity index (χ4v) is 2.88. The van der Waals surface area contributed by atoms with Gasteiger partial charge in [-0.3, -0.25) is 0 Å². The van der Waals surface area contributed by atoms with Gasteiger partial charge in [0.05, 0.1) is 21.3 Å². The van der Waals surface area contributed by atoms with Crippen molar-refractivity contribution in [2.75, 3.05) is 0 Å². The van der Waals surface area contributed by atoms with Crippen LogP contribution in [0.2, 0.25) is 0 Å². The van der Waals surface area contributed by atoms with E-state index in [0.29, 0.717) is 0 Å². The monoisotopic (exact) mass is 281 g/mol. The van der Waals surface area contributed by atoms with E-state index in [9.17, 15) is 4.21 Å². The fraction of sp³-hybridized carbons (Fsp3) is 0.625. The van der Waals surface area contributed by atoms with E-state index in [4.69, 9.17) is 0 Å². The predicted molar refractivity (Wildman–Crippen MR) is 84.4 cm³/mol. The number of rotatable bonds is 6. The molecule has 0 bridgehead atoms. The third kappa shape index (κ3) is 4.73. The standard InChI is InChI=1S/C16H27NOS/c1-6-7-13-16(5,14-11-9-8-10-12-14)17-19(18)15(2,3)4/h8-12,17H,6-7,13H2,1-5H3. The first kappa shape index (κ1) is 16.4. The molecule has 0 fully saturated rings. The summed E-state index contributed by atoms with van der Waals surface area (Å²) in [5.74, 6) is 0. The molecule has 0 spiro atoms. The number of nitrogens with one attached hydrogen (secondary N) is 1. The number of hydrogen-bond acceptors (Lipinski definition) is 1. The third-order valence-corrected chi connectivity index (χ3v) is 5.06. The highest BCUT2D eigenvalue weighted by molar-refractivity contribution is 7.84. The highest BCUT2D eigenvalue weighted by atomic mass is 32.2. The van der Waals surface area contributed by atoms with E-state index in [1.165, 1.54) is 5.56 Å². The molecule has 0 aliphatic rings. The zero-order chi connectivity index (χ0) is 14.5. The summed E-state index contributed by atoms with van der Waals surface area (Å²) in [6.07, 6.45) is 3.27. The van der Waals surface area contributed by atoms with Crippen molar-refractivity contribution in [3.8, 4) is 0 Å². The molecule has 0 saturated heterocycles. The Balaban J connectivity index is 2.97. The lowest BCUT2D eigenvalue weighted by atomic mass is 9.88. The second-order valence-corrected chi connectivity index (χ2v) is 8.25. The van der Waals surface area contributed by atoms with Gasteiger partial charge in [0, 0.05) is 0 Å². The molecule has 108 valence electrons. The van der Waals surface area contributed by atoms with E-state index >= 15 is 0 Å². The maximum absolute atomic E-state index is 12.4. The van der Waals surface area contributed by atoms with E-state index < -0.39 is 11.0 Å². The van der Waals surface area contributed by atoms with Crippen molar-refractivity contribution in [1.29, 1.82) is 0 Å². The van der Waals surface area contributed by atoms with Crippen molar-refractivity contribution in [3.63, 3.8) is 0 Å². The van der Waals surface area contributed by atoms with Gasteiger partial charge in [0.2, 0.25) is 0 Å². The highest BCUT2D eigenvalue weighted by Gasteiger charge is 2.31. The Labute approximate surface area is 120 Å². The van der Waals surface area contributed by atoms with Gasteiger partial charge in [-0.25, -0.2) is 8.93 Å². The minimum absolute atomic E-state index is 0.227. The summed E-state index contributed by atoms with van der Waals surface area (Å²) < 4.78 is 15.5. The molecule has 0 heterocycles. The SMILES string of the molecule is CCCCC(C)(NS(=O)C(C)(C)C)c1ccccc1. The number of hydrogen-bond donors (Lipinski definition) is 1. The van der Waals surface area contributed by atoms with Gasteiger partial charge in [0.1, 0.15) is 0 Å². The molecule has 0 radical (unpaired) electrons. The molecule has 0 saturated carbocycles. The summed E-state index contributed by atoms with van der Waals surface area (Å²) in [7, 11) is -1.06. The first-order valence-corrected chi connectivity index (χ1v) is 8.20. The maximum atomic E-state index is 12.4. The summed E-state index contributed by atoms with van der Waals surface area (Å²) in [5.41, 5.74) is 0.983. The second kappa shape index (κ2) is 6.67. The van der Waals surface area contributed by atoms with E-state index in [2.05, 4.69) is 30.7 Å². The molecule has 0 aliphatic heterocycles. The van der Waals surface area contributed by atoms with Crippen LogP contribution in [0.3, 0.4) is 0 Å². The van der Waals surface area contributed by atoms with Crippen LogP contribution < -0.4 is 4.72 Å². The lowest BCUT2D eigenvalue weighted by Gasteiger charge is -2.34. The molecule has 0 aromatic heterocycles. The van der Waals surface area contributed by atoms with Crippen LogP contribution in [0.25, 0.3) is 0 Å². The summed E-state index contributed by atoms with van der Waals surface area (Å²) in [6, 6.07) is 10.3. The Bertz CT molecular complexity index is 411. The molecule has 1 aromatic rings. The lowest BCUT2D eigenvalue weighted by molar-refractivity contribution is 0.392. The molecule has 1 N–H and O–H groups in total. The van der Waals surface area contributed by atoms with Gasteiger partial charge < -0.3 is 0 Å². The number of benzene rings is 1. The van der Waals surface area contributed by atoms with Crippen molar-refractivity contribution < 1.29 is 4.21 Å². The quantitative estimate of drug-likeness (QED) is 0.834. The largest absolute Gasteiger partial charge is 0.242 e. The van der Waals surface area contributed by atoms with E-state index in [0.717, 1.165) is 19.3 Å². The van der Waals surface area contributed by atoms with Crippen molar-refractivity contribution in [2.24, 2.45) is 0 Å². The average Bonchev–Trinajstić information content (AvgIpc) is 2.36. The van der Waals surface area contributed by atoms with Crippen molar-refractivity contribution in [2.45, 2.75) is 64.2 Å². The molecule has 2 atom stereocenters. The van der Waals surface area contributed by atoms with Gasteiger partial charge in [-0.2, -0.15) is 0 Å². The van der Waals surface area contributed by atoms with Crippen LogP contribution in [-0.4, -0.2) is 8.96 Å². The van der Waals surface area contributed by atoms with Crippen LogP contribution >= 0.6 is 0 Å². The molecule has 0 aliphatic carbocycles. The molecule has 2 nitrogen and oxygen atoms in total. The van der Waals surface area contributed by atoms with Crippen molar-refractivity contribution in [3.05, 3.63) is 35.9 Å². The first-order valence-electron chi connectivity index (χ1n) is 7.05. The molecule has 1 aromatic carbocycles. The first-order chi connectivity index (χ1) is 8.79. The summed E-state index contributed by atoms with van der Waals surface area (Å²) in [6.45, 7) is 10.3. The topological polar surface area (TPSA) is 29.1 Å². The summed E-state index contributed by atoms with van der Waals surface area (Å²) in [4.78, 5) is 0. The second-order valence-electron chi connectivity index (χ2n) is 6.28.